The molecule has 5 N–H and O–H groups in total. The molecule has 2 aromatic carbocycles. The van der Waals surface area contributed by atoms with Crippen LogP contribution >= 0.6 is 0 Å². The average molecular weight is 502 g/mol. The third-order valence-corrected chi connectivity index (χ3v) is 5.55. The van der Waals surface area contributed by atoms with Gasteiger partial charge in [-0.15, -0.1) is 0 Å². The van der Waals surface area contributed by atoms with E-state index in [2.05, 4.69) is 0 Å². The number of aromatic hydroxyl groups is 1. The number of rotatable bonds is 7. The largest absolute Gasteiger partial charge is 0.508 e. The maximum atomic E-state index is 12.9. The number of ether oxygens (including phenoxy) is 3. The molecule has 0 aliphatic carbocycles. The summed E-state index contributed by atoms with van der Waals surface area (Å²) in [5.41, 5.74) is 0.652. The lowest BCUT2D eigenvalue weighted by molar-refractivity contribution is -0.278. The maximum absolute atomic E-state index is 12.9. The second-order valence-electron chi connectivity index (χ2n) is 8.07. The van der Waals surface area contributed by atoms with E-state index in [0.717, 1.165) is 0 Å². The van der Waals surface area contributed by atoms with Gasteiger partial charge in [0.25, 0.3) is 0 Å². The normalized spacial score (nSPS) is 23.8. The number of phenolic OH excluding ortho intramolecular Hbond substituents is 1. The molecule has 12 nitrogen and oxygen atoms in total. The van der Waals surface area contributed by atoms with Gasteiger partial charge in [0.2, 0.25) is 6.29 Å². The summed E-state index contributed by atoms with van der Waals surface area (Å²) in [5, 5.41) is 48.9. The number of carboxylic acid groups (broad SMARTS) is 1. The van der Waals surface area contributed by atoms with Gasteiger partial charge >= 0.3 is 11.9 Å². The van der Waals surface area contributed by atoms with Gasteiger partial charge in [0.05, 0.1) is 10.9 Å². The van der Waals surface area contributed by atoms with Crippen LogP contribution in [0.3, 0.4) is 0 Å². The Morgan fingerprint density at radius 3 is 2.39 bits per heavy atom. The van der Waals surface area contributed by atoms with Crippen LogP contribution in [0.15, 0.2) is 57.9 Å². The minimum atomic E-state index is -1.72. The first-order valence-electron chi connectivity index (χ1n) is 10.7. The number of esters is 1. The number of hydrogen-bond acceptors (Lipinski definition) is 11. The Morgan fingerprint density at radius 2 is 1.69 bits per heavy atom. The zero-order chi connectivity index (χ0) is 26.0. The highest BCUT2D eigenvalue weighted by Gasteiger charge is 2.45. The van der Waals surface area contributed by atoms with Crippen LogP contribution in [-0.2, 0) is 19.1 Å². The number of fused-ring (bicyclic) bond motifs is 1. The fourth-order valence-electron chi connectivity index (χ4n) is 3.66. The van der Waals surface area contributed by atoms with E-state index in [-0.39, 0.29) is 33.5 Å². The molecule has 0 saturated carbocycles. The van der Waals surface area contributed by atoms with Crippen LogP contribution in [-0.4, -0.2) is 74.8 Å². The highest BCUT2D eigenvalue weighted by atomic mass is 16.7. The van der Waals surface area contributed by atoms with E-state index in [4.69, 9.17) is 23.7 Å². The third-order valence-electron chi connectivity index (χ3n) is 5.55. The number of aliphatic hydroxyl groups excluding tert-OH is 3. The van der Waals surface area contributed by atoms with E-state index < -0.39 is 55.7 Å². The molecule has 36 heavy (non-hydrogen) atoms. The number of phenols is 1. The molecule has 1 aliphatic heterocycles. The molecule has 0 radical (unpaired) electrons. The van der Waals surface area contributed by atoms with Gasteiger partial charge < -0.3 is 44.2 Å². The minimum absolute atomic E-state index is 0.0520. The Morgan fingerprint density at radius 1 is 0.972 bits per heavy atom. The molecule has 0 spiro atoms. The number of carbonyl (C=O) groups is 2. The Bertz CT molecular complexity index is 1310. The zero-order valence-corrected chi connectivity index (χ0v) is 18.5. The third kappa shape index (κ3) is 5.31. The lowest BCUT2D eigenvalue weighted by Gasteiger charge is -2.39. The molecule has 5 unspecified atom stereocenters. The van der Waals surface area contributed by atoms with Crippen molar-refractivity contribution in [3.8, 4) is 22.6 Å². The number of benzene rings is 2. The van der Waals surface area contributed by atoms with Crippen molar-refractivity contribution >= 4 is 22.9 Å². The predicted octanol–water partition coefficient (Wildman–Crippen LogP) is 0.370. The number of carboxylic acids is 1. The summed E-state index contributed by atoms with van der Waals surface area (Å²) < 4.78 is 21.4. The SMILES string of the molecule is O=C(O)CC(=O)OCC1OC(Oc2ccc3c(=O)c(-c4ccc(O)cc4)coc3c2)C(O)C(O)C1O. The van der Waals surface area contributed by atoms with Crippen molar-refractivity contribution in [3.63, 3.8) is 0 Å². The molecular formula is C24H22O12. The number of aliphatic hydroxyl groups is 3. The van der Waals surface area contributed by atoms with Gasteiger partial charge in [-0.2, -0.15) is 0 Å². The standard InChI is InChI=1S/C24H22O12/c25-12-3-1-11(2-4-12)15-9-33-16-7-13(5-6-14(16)20(15)29)35-24-23(32)22(31)21(30)17(36-24)10-34-19(28)8-18(26)27/h1-7,9,17,21-25,30-32H,8,10H2,(H,26,27). The maximum Gasteiger partial charge on any atom is 0.317 e. The first-order valence-corrected chi connectivity index (χ1v) is 10.7. The van der Waals surface area contributed by atoms with Crippen molar-refractivity contribution in [3.05, 3.63) is 59.0 Å². The van der Waals surface area contributed by atoms with Crippen LogP contribution < -0.4 is 10.2 Å². The highest BCUT2D eigenvalue weighted by molar-refractivity contribution is 5.90. The fraction of sp³-hybridized carbons (Fsp3) is 0.292. The first-order chi connectivity index (χ1) is 17.1. The van der Waals surface area contributed by atoms with Crippen LogP contribution in [0.4, 0.5) is 0 Å². The van der Waals surface area contributed by atoms with Gasteiger partial charge in [-0.05, 0) is 29.8 Å². The predicted molar refractivity (Wildman–Crippen MR) is 120 cm³/mol. The molecule has 1 saturated heterocycles. The molecule has 5 atom stereocenters. The van der Waals surface area contributed by atoms with E-state index in [1.54, 1.807) is 12.1 Å². The topological polar surface area (TPSA) is 193 Å². The van der Waals surface area contributed by atoms with Gasteiger partial charge in [-0.3, -0.25) is 14.4 Å². The Kier molecular flexibility index (Phi) is 7.22. The highest BCUT2D eigenvalue weighted by Crippen LogP contribution is 2.28. The summed E-state index contributed by atoms with van der Waals surface area (Å²) in [6, 6.07) is 10.2. The lowest BCUT2D eigenvalue weighted by Crippen LogP contribution is -2.60. The van der Waals surface area contributed by atoms with Crippen LogP contribution in [0.25, 0.3) is 22.1 Å². The lowest BCUT2D eigenvalue weighted by atomic mass is 9.99. The Hall–Kier alpha value is -3.97. The molecule has 2 heterocycles. The number of carbonyl (C=O) groups excluding carboxylic acids is 1. The van der Waals surface area contributed by atoms with Crippen molar-refractivity contribution in [1.29, 1.82) is 0 Å². The molecule has 12 heteroatoms. The van der Waals surface area contributed by atoms with E-state index in [1.165, 1.54) is 36.6 Å². The van der Waals surface area contributed by atoms with Crippen molar-refractivity contribution in [2.24, 2.45) is 0 Å². The fourth-order valence-corrected chi connectivity index (χ4v) is 3.66. The monoisotopic (exact) mass is 502 g/mol. The molecule has 4 rings (SSSR count). The summed E-state index contributed by atoms with van der Waals surface area (Å²) in [4.78, 5) is 35.0. The summed E-state index contributed by atoms with van der Waals surface area (Å²) >= 11 is 0. The molecule has 1 aromatic heterocycles. The average Bonchev–Trinajstić information content (AvgIpc) is 2.84. The Labute approximate surface area is 202 Å². The minimum Gasteiger partial charge on any atom is -0.508 e. The van der Waals surface area contributed by atoms with E-state index >= 15 is 0 Å². The molecule has 1 fully saturated rings. The molecule has 1 aliphatic rings. The van der Waals surface area contributed by atoms with E-state index in [9.17, 15) is 34.8 Å². The second kappa shape index (κ2) is 10.3. The van der Waals surface area contributed by atoms with Crippen molar-refractivity contribution in [1.82, 2.24) is 0 Å². The zero-order valence-electron chi connectivity index (χ0n) is 18.5. The van der Waals surface area contributed by atoms with Crippen molar-refractivity contribution < 1.29 is 53.7 Å². The summed E-state index contributed by atoms with van der Waals surface area (Å²) in [6.07, 6.45) is -7.53. The van der Waals surface area contributed by atoms with Gasteiger partial charge in [-0.25, -0.2) is 0 Å². The van der Waals surface area contributed by atoms with Crippen LogP contribution in [0.2, 0.25) is 0 Å². The number of hydrogen-bond donors (Lipinski definition) is 5. The summed E-state index contributed by atoms with van der Waals surface area (Å²) in [6.45, 7) is -0.594. The van der Waals surface area contributed by atoms with E-state index in [1.807, 2.05) is 0 Å². The Balaban J connectivity index is 1.51. The quantitative estimate of drug-likeness (QED) is 0.220. The van der Waals surface area contributed by atoms with Gasteiger partial charge in [0.1, 0.15) is 60.8 Å². The van der Waals surface area contributed by atoms with Gasteiger partial charge in [0.15, 0.2) is 5.43 Å². The van der Waals surface area contributed by atoms with Crippen molar-refractivity contribution in [2.75, 3.05) is 6.61 Å². The molecular weight excluding hydrogens is 480 g/mol. The smallest absolute Gasteiger partial charge is 0.317 e. The second-order valence-corrected chi connectivity index (χ2v) is 8.07. The molecule has 190 valence electrons. The summed E-state index contributed by atoms with van der Waals surface area (Å²) in [7, 11) is 0. The number of aliphatic carboxylic acids is 1. The van der Waals surface area contributed by atoms with Crippen LogP contribution in [0.5, 0.6) is 11.5 Å². The summed E-state index contributed by atoms with van der Waals surface area (Å²) in [5.74, 6) is -2.33. The van der Waals surface area contributed by atoms with Crippen molar-refractivity contribution in [2.45, 2.75) is 37.1 Å². The first kappa shape index (κ1) is 25.1. The molecule has 0 bridgehead atoms. The van der Waals surface area contributed by atoms with Gasteiger partial charge in [0, 0.05) is 6.07 Å². The van der Waals surface area contributed by atoms with Crippen LogP contribution in [0, 0.1) is 0 Å². The van der Waals surface area contributed by atoms with Gasteiger partial charge in [-0.1, -0.05) is 12.1 Å². The molecule has 0 amide bonds. The molecule has 3 aromatic rings. The van der Waals surface area contributed by atoms with E-state index in [0.29, 0.717) is 5.56 Å². The van der Waals surface area contributed by atoms with Crippen LogP contribution in [0.1, 0.15) is 6.42 Å².